The lowest BCUT2D eigenvalue weighted by atomic mass is 9.95. The Kier molecular flexibility index (Phi) is 3.08. The van der Waals surface area contributed by atoms with E-state index in [0.29, 0.717) is 17.4 Å². The number of amides is 1. The Morgan fingerprint density at radius 3 is 2.61 bits per heavy atom. The van der Waals surface area contributed by atoms with Crippen LogP contribution in [0.1, 0.15) is 53.0 Å². The van der Waals surface area contributed by atoms with Gasteiger partial charge in [-0.15, -0.1) is 0 Å². The van der Waals surface area contributed by atoms with Crippen LogP contribution in [0.15, 0.2) is 47.1 Å². The van der Waals surface area contributed by atoms with Crippen LogP contribution in [-0.4, -0.2) is 16.1 Å². The van der Waals surface area contributed by atoms with Crippen LogP contribution in [0.3, 0.4) is 0 Å². The second-order valence-electron chi connectivity index (χ2n) is 6.07. The molecule has 3 heterocycles. The second-order valence-corrected chi connectivity index (χ2v) is 6.07. The van der Waals surface area contributed by atoms with Gasteiger partial charge in [-0.1, -0.05) is 38.1 Å². The Morgan fingerprint density at radius 2 is 1.96 bits per heavy atom. The largest absolute Gasteiger partial charge is 0.463 e. The molecule has 4 rings (SSSR count). The zero-order chi connectivity index (χ0) is 16.0. The predicted molar refractivity (Wildman–Crippen MR) is 86.1 cm³/mol. The zero-order valence-corrected chi connectivity index (χ0v) is 13.0. The van der Waals surface area contributed by atoms with Gasteiger partial charge < -0.3 is 9.73 Å². The molecular weight excluding hydrogens is 290 g/mol. The summed E-state index contributed by atoms with van der Waals surface area (Å²) in [4.78, 5) is 12.2. The SMILES string of the molecule is CC(C)c1ccc(C2NC(=O)c3n[nH]c(-c4ccco4)c32)cc1. The van der Waals surface area contributed by atoms with Crippen molar-refractivity contribution in [1.29, 1.82) is 0 Å². The van der Waals surface area contributed by atoms with Gasteiger partial charge >= 0.3 is 0 Å². The molecule has 0 radical (unpaired) electrons. The number of hydrogen-bond donors (Lipinski definition) is 2. The number of aromatic nitrogens is 2. The summed E-state index contributed by atoms with van der Waals surface area (Å²) in [6.45, 7) is 4.32. The quantitative estimate of drug-likeness (QED) is 0.776. The summed E-state index contributed by atoms with van der Waals surface area (Å²) in [5, 5.41) is 10.1. The molecule has 5 nitrogen and oxygen atoms in total. The van der Waals surface area contributed by atoms with Crippen molar-refractivity contribution >= 4 is 5.91 Å². The van der Waals surface area contributed by atoms with Crippen molar-refractivity contribution in [3.8, 4) is 11.5 Å². The fourth-order valence-corrected chi connectivity index (χ4v) is 3.01. The third-order valence-electron chi connectivity index (χ3n) is 4.29. The molecule has 0 spiro atoms. The normalized spacial score (nSPS) is 16.7. The smallest absolute Gasteiger partial charge is 0.272 e. The van der Waals surface area contributed by atoms with Crippen LogP contribution in [0, 0.1) is 0 Å². The number of fused-ring (bicyclic) bond motifs is 1. The van der Waals surface area contributed by atoms with Gasteiger partial charge in [-0.05, 0) is 29.2 Å². The van der Waals surface area contributed by atoms with E-state index in [1.54, 1.807) is 6.26 Å². The number of hydrogen-bond acceptors (Lipinski definition) is 3. The average Bonchev–Trinajstić information content (AvgIpc) is 3.25. The van der Waals surface area contributed by atoms with Gasteiger partial charge in [0.15, 0.2) is 11.5 Å². The Hall–Kier alpha value is -2.82. The van der Waals surface area contributed by atoms with E-state index in [9.17, 15) is 4.79 Å². The van der Waals surface area contributed by atoms with Crippen molar-refractivity contribution in [2.45, 2.75) is 25.8 Å². The standard InChI is InChI=1S/C18H17N3O2/c1-10(2)11-5-7-12(8-6-11)15-14-16(13-4-3-9-23-13)20-21-17(14)18(22)19-15/h3-10,15H,1-2H3,(H,19,22)(H,20,21). The molecule has 116 valence electrons. The molecule has 3 aromatic rings. The third kappa shape index (κ3) is 2.16. The first-order valence-electron chi connectivity index (χ1n) is 7.68. The van der Waals surface area contributed by atoms with Crippen molar-refractivity contribution < 1.29 is 9.21 Å². The van der Waals surface area contributed by atoms with Gasteiger partial charge in [0.05, 0.1) is 12.3 Å². The monoisotopic (exact) mass is 307 g/mol. The van der Waals surface area contributed by atoms with Crippen molar-refractivity contribution in [3.63, 3.8) is 0 Å². The first kappa shape index (κ1) is 13.8. The number of benzene rings is 1. The van der Waals surface area contributed by atoms with Crippen LogP contribution in [0.4, 0.5) is 0 Å². The van der Waals surface area contributed by atoms with Crippen LogP contribution >= 0.6 is 0 Å². The van der Waals surface area contributed by atoms with Crippen LogP contribution in [-0.2, 0) is 0 Å². The molecule has 0 bridgehead atoms. The number of nitrogens with zero attached hydrogens (tertiary/aromatic N) is 1. The van der Waals surface area contributed by atoms with E-state index >= 15 is 0 Å². The summed E-state index contributed by atoms with van der Waals surface area (Å²) in [7, 11) is 0. The van der Waals surface area contributed by atoms with Gasteiger partial charge in [-0.3, -0.25) is 9.89 Å². The minimum absolute atomic E-state index is 0.160. The second kappa shape index (κ2) is 5.12. The molecular formula is C18H17N3O2. The molecule has 1 atom stereocenters. The molecule has 1 aromatic carbocycles. The summed E-state index contributed by atoms with van der Waals surface area (Å²) in [5.41, 5.74) is 4.35. The molecule has 23 heavy (non-hydrogen) atoms. The van der Waals surface area contributed by atoms with Crippen LogP contribution in [0.2, 0.25) is 0 Å². The number of aromatic amines is 1. The first-order chi connectivity index (χ1) is 11.1. The lowest BCUT2D eigenvalue weighted by Gasteiger charge is -2.14. The van der Waals surface area contributed by atoms with E-state index in [1.807, 2.05) is 12.1 Å². The molecule has 1 unspecified atom stereocenters. The van der Waals surface area contributed by atoms with E-state index in [2.05, 4.69) is 53.6 Å². The highest BCUT2D eigenvalue weighted by molar-refractivity contribution is 5.99. The van der Waals surface area contributed by atoms with Gasteiger partial charge in [0.25, 0.3) is 5.91 Å². The van der Waals surface area contributed by atoms with Crippen LogP contribution in [0.25, 0.3) is 11.5 Å². The number of carbonyl (C=O) groups excluding carboxylic acids is 1. The number of H-pyrrole nitrogens is 1. The molecule has 5 heteroatoms. The zero-order valence-electron chi connectivity index (χ0n) is 13.0. The number of nitrogens with one attached hydrogen (secondary N) is 2. The molecule has 1 amide bonds. The molecule has 2 N–H and O–H groups in total. The fraction of sp³-hybridized carbons (Fsp3) is 0.222. The highest BCUT2D eigenvalue weighted by atomic mass is 16.3. The summed E-state index contributed by atoms with van der Waals surface area (Å²) in [5.74, 6) is 0.997. The Labute approximate surface area is 133 Å². The van der Waals surface area contributed by atoms with E-state index in [1.165, 1.54) is 5.56 Å². The topological polar surface area (TPSA) is 70.9 Å². The molecule has 0 aliphatic carbocycles. The molecule has 0 fully saturated rings. The lowest BCUT2D eigenvalue weighted by molar-refractivity contribution is 0.0955. The summed E-state index contributed by atoms with van der Waals surface area (Å²) < 4.78 is 5.46. The van der Waals surface area contributed by atoms with Crippen molar-refractivity contribution in [2.75, 3.05) is 0 Å². The Morgan fingerprint density at radius 1 is 1.17 bits per heavy atom. The predicted octanol–water partition coefficient (Wildman–Crippen LogP) is 3.63. The molecule has 2 aromatic heterocycles. The van der Waals surface area contributed by atoms with E-state index in [0.717, 1.165) is 16.8 Å². The summed E-state index contributed by atoms with van der Waals surface area (Å²) in [6, 6.07) is 11.8. The Balaban J connectivity index is 1.79. The van der Waals surface area contributed by atoms with Gasteiger partial charge in [0.1, 0.15) is 5.69 Å². The van der Waals surface area contributed by atoms with Crippen LogP contribution in [0.5, 0.6) is 0 Å². The van der Waals surface area contributed by atoms with E-state index in [4.69, 9.17) is 4.42 Å². The summed E-state index contributed by atoms with van der Waals surface area (Å²) in [6.07, 6.45) is 1.61. The molecule has 1 aliphatic rings. The fourth-order valence-electron chi connectivity index (χ4n) is 3.01. The average molecular weight is 307 g/mol. The van der Waals surface area contributed by atoms with Gasteiger partial charge in [-0.2, -0.15) is 5.10 Å². The minimum atomic E-state index is -0.211. The Bertz CT molecular complexity index is 845. The maximum Gasteiger partial charge on any atom is 0.272 e. The maximum absolute atomic E-state index is 12.2. The maximum atomic E-state index is 12.2. The van der Waals surface area contributed by atoms with Crippen LogP contribution < -0.4 is 5.32 Å². The van der Waals surface area contributed by atoms with Gasteiger partial charge in [-0.25, -0.2) is 0 Å². The van der Waals surface area contributed by atoms with Gasteiger partial charge in [0, 0.05) is 5.56 Å². The van der Waals surface area contributed by atoms with E-state index < -0.39 is 0 Å². The van der Waals surface area contributed by atoms with Crippen molar-refractivity contribution in [1.82, 2.24) is 15.5 Å². The molecule has 1 aliphatic heterocycles. The highest BCUT2D eigenvalue weighted by Gasteiger charge is 2.36. The van der Waals surface area contributed by atoms with Gasteiger partial charge in [0.2, 0.25) is 0 Å². The number of rotatable bonds is 3. The molecule has 0 saturated carbocycles. The van der Waals surface area contributed by atoms with E-state index in [-0.39, 0.29) is 11.9 Å². The van der Waals surface area contributed by atoms with Crippen molar-refractivity contribution in [2.24, 2.45) is 0 Å². The van der Waals surface area contributed by atoms with Crippen molar-refractivity contribution in [3.05, 3.63) is 65.0 Å². The number of carbonyl (C=O) groups is 1. The lowest BCUT2D eigenvalue weighted by Crippen LogP contribution is -2.21. The highest BCUT2D eigenvalue weighted by Crippen LogP contribution is 2.37. The molecule has 0 saturated heterocycles. The first-order valence-corrected chi connectivity index (χ1v) is 7.68. The third-order valence-corrected chi connectivity index (χ3v) is 4.29. The number of furan rings is 1. The minimum Gasteiger partial charge on any atom is -0.463 e. The summed E-state index contributed by atoms with van der Waals surface area (Å²) >= 11 is 0.